The molecule has 178 valence electrons. The van der Waals surface area contributed by atoms with Crippen molar-refractivity contribution in [2.75, 3.05) is 55.5 Å². The van der Waals surface area contributed by atoms with Gasteiger partial charge in [0.05, 0.1) is 37.0 Å². The van der Waals surface area contributed by atoms with Gasteiger partial charge in [0.2, 0.25) is 0 Å². The molecule has 0 unspecified atom stereocenters. The molecule has 4 rings (SSSR count). The van der Waals surface area contributed by atoms with Gasteiger partial charge in [-0.05, 0) is 24.6 Å². The van der Waals surface area contributed by atoms with E-state index in [1.807, 2.05) is 43.0 Å². The number of pyridine rings is 1. The summed E-state index contributed by atoms with van der Waals surface area (Å²) >= 11 is 0. The van der Waals surface area contributed by atoms with E-state index in [9.17, 15) is 9.50 Å². The lowest BCUT2D eigenvalue weighted by molar-refractivity contribution is 0.122. The molecule has 2 aromatic heterocycles. The highest BCUT2D eigenvalue weighted by Gasteiger charge is 2.17. The van der Waals surface area contributed by atoms with Crippen molar-refractivity contribution in [2.24, 2.45) is 10.2 Å². The van der Waals surface area contributed by atoms with Crippen LogP contribution in [0.1, 0.15) is 11.3 Å². The first-order valence-corrected chi connectivity index (χ1v) is 10.9. The van der Waals surface area contributed by atoms with Gasteiger partial charge in [-0.1, -0.05) is 0 Å². The number of hydrogen-bond donors (Lipinski definition) is 2. The molecule has 0 aliphatic carbocycles. The zero-order valence-corrected chi connectivity index (χ0v) is 19.4. The lowest BCUT2D eigenvalue weighted by Crippen LogP contribution is -2.37. The minimum absolute atomic E-state index is 0.0967. The number of phenols is 1. The van der Waals surface area contributed by atoms with Gasteiger partial charge in [-0.3, -0.25) is 4.98 Å². The van der Waals surface area contributed by atoms with Crippen LogP contribution < -0.4 is 15.1 Å². The Morgan fingerprint density at radius 3 is 2.65 bits per heavy atom. The number of nitrogens with one attached hydrogen (secondary N) is 1. The molecule has 10 nitrogen and oxygen atoms in total. The summed E-state index contributed by atoms with van der Waals surface area (Å²) in [5.74, 6) is -0.0122. The number of azo groups is 1. The van der Waals surface area contributed by atoms with Gasteiger partial charge in [0.1, 0.15) is 12.3 Å². The number of morpholine rings is 1. The number of ether oxygens (including phenoxy) is 1. The number of aromatic nitrogens is 3. The zero-order valence-electron chi connectivity index (χ0n) is 19.4. The average Bonchev–Trinajstić information content (AvgIpc) is 2.81. The van der Waals surface area contributed by atoms with E-state index in [0.717, 1.165) is 34.5 Å². The van der Waals surface area contributed by atoms with Crippen molar-refractivity contribution in [1.29, 1.82) is 0 Å². The highest BCUT2D eigenvalue weighted by atomic mass is 19.1. The maximum absolute atomic E-state index is 14.2. The number of phenolic OH excluding ortho intramolecular Hbond substituents is 1. The Labute approximate surface area is 197 Å². The molecule has 34 heavy (non-hydrogen) atoms. The fraction of sp³-hybridized carbons (Fsp3) is 0.348. The number of anilines is 4. The van der Waals surface area contributed by atoms with Crippen LogP contribution in [0.3, 0.4) is 0 Å². The third-order valence-electron chi connectivity index (χ3n) is 5.30. The van der Waals surface area contributed by atoms with Crippen LogP contribution in [0.5, 0.6) is 5.75 Å². The van der Waals surface area contributed by atoms with Gasteiger partial charge < -0.3 is 25.0 Å². The van der Waals surface area contributed by atoms with Gasteiger partial charge >= 0.3 is 0 Å². The van der Waals surface area contributed by atoms with Crippen LogP contribution in [0.2, 0.25) is 0 Å². The summed E-state index contributed by atoms with van der Waals surface area (Å²) < 4.78 is 19.5. The van der Waals surface area contributed by atoms with Gasteiger partial charge in [0.15, 0.2) is 11.6 Å². The van der Waals surface area contributed by atoms with Crippen molar-refractivity contribution in [3.05, 3.63) is 53.7 Å². The second-order valence-electron chi connectivity index (χ2n) is 8.09. The predicted molar refractivity (Wildman–Crippen MR) is 128 cm³/mol. The average molecular weight is 467 g/mol. The summed E-state index contributed by atoms with van der Waals surface area (Å²) in [7, 11) is 3.82. The fourth-order valence-electron chi connectivity index (χ4n) is 3.49. The molecular weight excluding hydrogens is 439 g/mol. The third kappa shape index (κ3) is 5.73. The number of rotatable bonds is 7. The molecule has 0 saturated carbocycles. The molecule has 0 bridgehead atoms. The van der Waals surface area contributed by atoms with Crippen LogP contribution in [-0.2, 0) is 11.3 Å². The Morgan fingerprint density at radius 2 is 1.91 bits per heavy atom. The topological polar surface area (TPSA) is 111 Å². The Bertz CT molecular complexity index is 1180. The van der Waals surface area contributed by atoms with E-state index in [-0.39, 0.29) is 24.1 Å². The summed E-state index contributed by atoms with van der Waals surface area (Å²) in [6.07, 6.45) is 2.81. The number of aryl methyl sites for hydroxylation is 1. The standard InChI is InChI=1S/C23H27FN8O2/c1-15-8-17(28-16-9-18(31(2)3)11-19(33)10-16)12-25-21(15)14-27-30-23-26-13-20(24)22(29-23)32-4-6-34-7-5-32/h8-13,28,33H,4-7,14H2,1-3H3/b30-27+. The van der Waals surface area contributed by atoms with Crippen molar-refractivity contribution in [3.63, 3.8) is 0 Å². The maximum atomic E-state index is 14.2. The van der Waals surface area contributed by atoms with Crippen molar-refractivity contribution < 1.29 is 14.2 Å². The predicted octanol–water partition coefficient (Wildman–Crippen LogP) is 3.95. The second-order valence-corrected chi connectivity index (χ2v) is 8.09. The van der Waals surface area contributed by atoms with E-state index in [1.165, 1.54) is 0 Å². The minimum Gasteiger partial charge on any atom is -0.508 e. The lowest BCUT2D eigenvalue weighted by atomic mass is 10.2. The molecule has 11 heteroatoms. The first kappa shape index (κ1) is 23.3. The highest BCUT2D eigenvalue weighted by molar-refractivity contribution is 5.67. The van der Waals surface area contributed by atoms with Gasteiger partial charge in [-0.15, -0.1) is 5.11 Å². The van der Waals surface area contributed by atoms with E-state index in [0.29, 0.717) is 26.3 Å². The van der Waals surface area contributed by atoms with Crippen LogP contribution in [0.4, 0.5) is 33.2 Å². The Hall–Kier alpha value is -3.86. The van der Waals surface area contributed by atoms with Crippen LogP contribution in [0.25, 0.3) is 0 Å². The largest absolute Gasteiger partial charge is 0.508 e. The number of nitrogens with zero attached hydrogens (tertiary/aromatic N) is 7. The van der Waals surface area contributed by atoms with Crippen LogP contribution in [-0.4, -0.2) is 60.5 Å². The third-order valence-corrected chi connectivity index (χ3v) is 5.30. The molecule has 1 aromatic carbocycles. The molecule has 1 aliphatic heterocycles. The Kier molecular flexibility index (Phi) is 7.12. The monoisotopic (exact) mass is 466 g/mol. The fourth-order valence-corrected chi connectivity index (χ4v) is 3.49. The molecule has 0 atom stereocenters. The minimum atomic E-state index is -0.495. The maximum Gasteiger partial charge on any atom is 0.270 e. The number of benzene rings is 1. The first-order chi connectivity index (χ1) is 16.4. The molecule has 0 spiro atoms. The summed E-state index contributed by atoms with van der Waals surface area (Å²) in [5, 5.41) is 21.4. The van der Waals surface area contributed by atoms with E-state index in [2.05, 4.69) is 30.5 Å². The van der Waals surface area contributed by atoms with Crippen molar-refractivity contribution in [1.82, 2.24) is 15.0 Å². The number of hydrogen-bond acceptors (Lipinski definition) is 10. The SMILES string of the molecule is Cc1cc(Nc2cc(O)cc(N(C)C)c2)cnc1C/N=N/c1ncc(F)c(N2CCOCC2)n1. The summed E-state index contributed by atoms with van der Waals surface area (Å²) in [6, 6.07) is 7.23. The molecule has 2 N–H and O–H groups in total. The van der Waals surface area contributed by atoms with E-state index in [1.54, 1.807) is 18.3 Å². The molecule has 3 aromatic rings. The van der Waals surface area contributed by atoms with Crippen LogP contribution in [0.15, 0.2) is 46.9 Å². The molecule has 1 saturated heterocycles. The number of halogens is 1. The normalized spacial score (nSPS) is 13.9. The smallest absolute Gasteiger partial charge is 0.270 e. The summed E-state index contributed by atoms with van der Waals surface area (Å²) in [5.41, 5.74) is 4.08. The van der Waals surface area contributed by atoms with Gasteiger partial charge in [-0.2, -0.15) is 10.1 Å². The first-order valence-electron chi connectivity index (χ1n) is 10.9. The molecule has 0 radical (unpaired) electrons. The molecular formula is C23H27FN8O2. The second kappa shape index (κ2) is 10.4. The Balaban J connectivity index is 1.42. The van der Waals surface area contributed by atoms with Crippen LogP contribution >= 0.6 is 0 Å². The molecule has 1 fully saturated rings. The Morgan fingerprint density at radius 1 is 1.12 bits per heavy atom. The zero-order chi connectivity index (χ0) is 24.1. The van der Waals surface area contributed by atoms with Gasteiger partial charge in [0, 0.05) is 50.7 Å². The lowest BCUT2D eigenvalue weighted by Gasteiger charge is -2.27. The number of aromatic hydroxyl groups is 1. The highest BCUT2D eigenvalue weighted by Crippen LogP contribution is 2.28. The van der Waals surface area contributed by atoms with E-state index in [4.69, 9.17) is 4.74 Å². The van der Waals surface area contributed by atoms with Crippen molar-refractivity contribution >= 4 is 28.8 Å². The summed E-state index contributed by atoms with van der Waals surface area (Å²) in [6.45, 7) is 4.34. The van der Waals surface area contributed by atoms with Gasteiger partial charge in [0.25, 0.3) is 5.95 Å². The van der Waals surface area contributed by atoms with Gasteiger partial charge in [-0.25, -0.2) is 9.37 Å². The van der Waals surface area contributed by atoms with Crippen molar-refractivity contribution in [2.45, 2.75) is 13.5 Å². The molecule has 3 heterocycles. The van der Waals surface area contributed by atoms with Crippen LogP contribution in [0, 0.1) is 12.7 Å². The molecule has 1 aliphatic rings. The quantitative estimate of drug-likeness (QED) is 0.504. The van der Waals surface area contributed by atoms with E-state index >= 15 is 0 Å². The molecule has 0 amide bonds. The van der Waals surface area contributed by atoms with E-state index < -0.39 is 5.82 Å². The van der Waals surface area contributed by atoms with Crippen molar-refractivity contribution in [3.8, 4) is 5.75 Å². The summed E-state index contributed by atoms with van der Waals surface area (Å²) in [4.78, 5) is 16.3.